The molecule has 34 heavy (non-hydrogen) atoms. The van der Waals surface area contributed by atoms with E-state index in [1.165, 1.54) is 6.21 Å². The minimum Gasteiger partial charge on any atom is -0.506 e. The second-order valence-corrected chi connectivity index (χ2v) is 9.21. The molecule has 0 atom stereocenters. The van der Waals surface area contributed by atoms with Crippen LogP contribution in [-0.4, -0.2) is 47.6 Å². The number of anilines is 3. The summed E-state index contributed by atoms with van der Waals surface area (Å²) >= 11 is 16.2. The van der Waals surface area contributed by atoms with Gasteiger partial charge in [0.05, 0.1) is 42.4 Å². The van der Waals surface area contributed by atoms with E-state index in [-0.39, 0.29) is 23.1 Å². The fourth-order valence-electron chi connectivity index (χ4n) is 3.45. The van der Waals surface area contributed by atoms with Crippen molar-refractivity contribution in [3.05, 3.63) is 67.7 Å². The Kier molecular flexibility index (Phi) is 7.88. The number of phenolic OH excluding ortho intramolecular Hbond substituents is 1. The maximum Gasteiger partial charge on any atom is 0.183 e. The number of para-hydroxylation sites is 1. The maximum atomic E-state index is 14.2. The number of aliphatic imine (C=N–C) groups is 1. The third kappa shape index (κ3) is 5.43. The number of phenols is 1. The molecule has 1 saturated heterocycles. The first-order valence-electron chi connectivity index (χ1n) is 10.4. The van der Waals surface area contributed by atoms with Crippen molar-refractivity contribution in [3.8, 4) is 5.75 Å². The van der Waals surface area contributed by atoms with Gasteiger partial charge in [0.25, 0.3) is 0 Å². The Morgan fingerprint density at radius 1 is 1.29 bits per heavy atom. The number of hydrogen-bond acceptors (Lipinski definition) is 7. The standard InChI is InChI=1S/C23H21BrCl2FN5O2/c1-13-3-2-4-16(25)20(13)31-21-15(24)9-14(22(33)19(21)26)10-28-12-18-29-11-17(27)23(30-18)32-5-7-34-8-6-32/h2-4,9-11,31,33H,5-8,12H2,1H3/b28-10-. The summed E-state index contributed by atoms with van der Waals surface area (Å²) in [6.45, 7) is 4.18. The van der Waals surface area contributed by atoms with E-state index < -0.39 is 5.82 Å². The monoisotopic (exact) mass is 567 g/mol. The van der Waals surface area contributed by atoms with Crippen LogP contribution in [0.5, 0.6) is 5.75 Å². The van der Waals surface area contributed by atoms with Crippen molar-refractivity contribution >= 4 is 62.5 Å². The van der Waals surface area contributed by atoms with Gasteiger partial charge in [-0.3, -0.25) is 4.99 Å². The average molecular weight is 569 g/mol. The molecule has 0 bridgehead atoms. The lowest BCUT2D eigenvalue weighted by Gasteiger charge is -2.28. The fraction of sp³-hybridized carbons (Fsp3) is 0.261. The summed E-state index contributed by atoms with van der Waals surface area (Å²) in [6, 6.07) is 7.22. The molecule has 0 unspecified atom stereocenters. The van der Waals surface area contributed by atoms with E-state index in [0.717, 1.165) is 11.8 Å². The first kappa shape index (κ1) is 24.7. The highest BCUT2D eigenvalue weighted by Gasteiger charge is 2.18. The molecule has 3 aromatic rings. The largest absolute Gasteiger partial charge is 0.506 e. The van der Waals surface area contributed by atoms with Gasteiger partial charge in [0, 0.05) is 29.3 Å². The normalized spacial score (nSPS) is 14.1. The summed E-state index contributed by atoms with van der Waals surface area (Å²) in [7, 11) is 0. The second-order valence-electron chi connectivity index (χ2n) is 7.57. The molecule has 2 heterocycles. The molecule has 0 aliphatic carbocycles. The molecule has 4 rings (SSSR count). The number of rotatable bonds is 6. The molecule has 0 radical (unpaired) electrons. The van der Waals surface area contributed by atoms with E-state index in [4.69, 9.17) is 27.9 Å². The van der Waals surface area contributed by atoms with Crippen LogP contribution in [0.1, 0.15) is 17.0 Å². The molecular formula is C23H21BrCl2FN5O2. The van der Waals surface area contributed by atoms with Crippen molar-refractivity contribution in [2.24, 2.45) is 4.99 Å². The Morgan fingerprint density at radius 2 is 2.06 bits per heavy atom. The summed E-state index contributed by atoms with van der Waals surface area (Å²) in [5.74, 6) is -0.0339. The van der Waals surface area contributed by atoms with Gasteiger partial charge in [-0.2, -0.15) is 0 Å². The van der Waals surface area contributed by atoms with Gasteiger partial charge in [-0.25, -0.2) is 14.4 Å². The first-order valence-corrected chi connectivity index (χ1v) is 12.0. The van der Waals surface area contributed by atoms with Gasteiger partial charge in [-0.15, -0.1) is 0 Å². The number of hydrogen-bond donors (Lipinski definition) is 2. The lowest BCUT2D eigenvalue weighted by molar-refractivity contribution is 0.122. The first-order chi connectivity index (χ1) is 16.3. The highest BCUT2D eigenvalue weighted by Crippen LogP contribution is 2.42. The van der Waals surface area contributed by atoms with E-state index >= 15 is 0 Å². The zero-order valence-corrected chi connectivity index (χ0v) is 21.3. The van der Waals surface area contributed by atoms with E-state index in [1.807, 2.05) is 24.0 Å². The van der Waals surface area contributed by atoms with Gasteiger partial charge in [0.15, 0.2) is 17.5 Å². The third-order valence-electron chi connectivity index (χ3n) is 5.24. The van der Waals surface area contributed by atoms with Crippen molar-refractivity contribution in [2.45, 2.75) is 13.5 Å². The summed E-state index contributed by atoms with van der Waals surface area (Å²) in [5.41, 5.74) is 2.49. The summed E-state index contributed by atoms with van der Waals surface area (Å²) < 4.78 is 20.1. The highest BCUT2D eigenvalue weighted by atomic mass is 79.9. The zero-order valence-electron chi connectivity index (χ0n) is 18.2. The molecule has 0 amide bonds. The minimum absolute atomic E-state index is 0.102. The van der Waals surface area contributed by atoms with Crippen molar-refractivity contribution in [3.63, 3.8) is 0 Å². The number of nitrogens with one attached hydrogen (secondary N) is 1. The van der Waals surface area contributed by atoms with Gasteiger partial charge < -0.3 is 20.1 Å². The van der Waals surface area contributed by atoms with E-state index in [0.29, 0.717) is 58.6 Å². The molecule has 2 N–H and O–H groups in total. The number of nitrogens with zero attached hydrogens (tertiary/aromatic N) is 4. The number of morpholine rings is 1. The van der Waals surface area contributed by atoms with E-state index in [2.05, 4.69) is 36.2 Å². The van der Waals surface area contributed by atoms with Crippen LogP contribution in [0, 0.1) is 12.7 Å². The molecule has 1 aliphatic heterocycles. The maximum absolute atomic E-state index is 14.2. The summed E-state index contributed by atoms with van der Waals surface area (Å²) in [5, 5.41) is 14.5. The number of aromatic hydroxyl groups is 1. The van der Waals surface area contributed by atoms with Gasteiger partial charge >= 0.3 is 0 Å². The smallest absolute Gasteiger partial charge is 0.183 e. The molecular weight excluding hydrogens is 548 g/mol. The second kappa shape index (κ2) is 10.9. The van der Waals surface area contributed by atoms with Crippen LogP contribution in [-0.2, 0) is 11.3 Å². The van der Waals surface area contributed by atoms with Crippen LogP contribution < -0.4 is 10.2 Å². The zero-order chi connectivity index (χ0) is 24.2. The Balaban J connectivity index is 1.53. The number of aromatic nitrogens is 2. The Labute approximate surface area is 214 Å². The number of benzene rings is 2. The molecule has 1 aliphatic rings. The average Bonchev–Trinajstić information content (AvgIpc) is 2.83. The molecule has 178 valence electrons. The van der Waals surface area contributed by atoms with E-state index in [1.54, 1.807) is 12.1 Å². The van der Waals surface area contributed by atoms with Crippen LogP contribution in [0.4, 0.5) is 21.6 Å². The van der Waals surface area contributed by atoms with Crippen molar-refractivity contribution in [1.29, 1.82) is 0 Å². The van der Waals surface area contributed by atoms with Gasteiger partial charge in [0.1, 0.15) is 10.8 Å². The Morgan fingerprint density at radius 3 is 2.79 bits per heavy atom. The quantitative estimate of drug-likeness (QED) is 0.360. The van der Waals surface area contributed by atoms with Crippen LogP contribution >= 0.6 is 39.1 Å². The van der Waals surface area contributed by atoms with Crippen molar-refractivity contribution in [1.82, 2.24) is 9.97 Å². The van der Waals surface area contributed by atoms with Crippen molar-refractivity contribution in [2.75, 3.05) is 36.5 Å². The molecule has 0 saturated carbocycles. The lowest BCUT2D eigenvalue weighted by atomic mass is 10.1. The van der Waals surface area contributed by atoms with Gasteiger partial charge in [-0.1, -0.05) is 35.3 Å². The SMILES string of the molecule is Cc1cccc(Cl)c1Nc1c(Br)cc(/C=N\Cc2ncc(F)c(N3CCOCC3)n2)c(O)c1Cl. The number of ether oxygens (including phenoxy) is 1. The third-order valence-corrected chi connectivity index (χ3v) is 6.55. The fourth-order valence-corrected chi connectivity index (χ4v) is 4.63. The summed E-state index contributed by atoms with van der Waals surface area (Å²) in [6.07, 6.45) is 2.61. The lowest BCUT2D eigenvalue weighted by Crippen LogP contribution is -2.37. The van der Waals surface area contributed by atoms with Crippen LogP contribution in [0.3, 0.4) is 0 Å². The van der Waals surface area contributed by atoms with Crippen LogP contribution in [0.15, 0.2) is 39.9 Å². The predicted molar refractivity (Wildman–Crippen MR) is 137 cm³/mol. The number of aryl methyl sites for hydroxylation is 1. The molecule has 11 heteroatoms. The minimum atomic E-state index is -0.486. The molecule has 1 fully saturated rings. The van der Waals surface area contributed by atoms with Crippen molar-refractivity contribution < 1.29 is 14.2 Å². The summed E-state index contributed by atoms with van der Waals surface area (Å²) in [4.78, 5) is 14.5. The molecule has 2 aromatic carbocycles. The molecule has 1 aromatic heterocycles. The van der Waals surface area contributed by atoms with E-state index in [9.17, 15) is 9.50 Å². The van der Waals surface area contributed by atoms with Crippen LogP contribution in [0.25, 0.3) is 0 Å². The topological polar surface area (TPSA) is 82.9 Å². The predicted octanol–water partition coefficient (Wildman–Crippen LogP) is 5.90. The van der Waals surface area contributed by atoms with Gasteiger partial charge in [0.2, 0.25) is 0 Å². The Bertz CT molecular complexity index is 1220. The molecule has 7 nitrogen and oxygen atoms in total. The number of halogens is 4. The van der Waals surface area contributed by atoms with Gasteiger partial charge in [-0.05, 0) is 40.5 Å². The Hall–Kier alpha value is -2.46. The van der Waals surface area contributed by atoms with Crippen LogP contribution in [0.2, 0.25) is 10.0 Å². The highest BCUT2D eigenvalue weighted by molar-refractivity contribution is 9.10. The molecule has 0 spiro atoms.